The van der Waals surface area contributed by atoms with Crippen LogP contribution in [0.25, 0.3) is 0 Å². The second kappa shape index (κ2) is 8.05. The van der Waals surface area contributed by atoms with E-state index in [0.717, 1.165) is 31.8 Å². The number of benzene rings is 1. The Morgan fingerprint density at radius 1 is 1.30 bits per heavy atom. The van der Waals surface area contributed by atoms with Crippen molar-refractivity contribution in [2.45, 2.75) is 32.6 Å². The molecule has 1 aromatic carbocycles. The van der Waals surface area contributed by atoms with E-state index in [0.29, 0.717) is 6.61 Å². The van der Waals surface area contributed by atoms with Crippen molar-refractivity contribution < 1.29 is 9.53 Å². The summed E-state index contributed by atoms with van der Waals surface area (Å²) >= 11 is 0. The Bertz CT molecular complexity index is 401. The number of rotatable bonds is 9. The number of amides is 1. The Labute approximate surface area is 121 Å². The molecule has 0 atom stereocenters. The summed E-state index contributed by atoms with van der Waals surface area (Å²) in [5, 5.41) is 0. The topological polar surface area (TPSA) is 29.5 Å². The third-order valence-corrected chi connectivity index (χ3v) is 3.63. The first kappa shape index (κ1) is 15.0. The molecule has 0 unspecified atom stereocenters. The third-order valence-electron chi connectivity index (χ3n) is 3.63. The highest BCUT2D eigenvalue weighted by Crippen LogP contribution is 2.29. The number of carbonyl (C=O) groups is 1. The smallest absolute Gasteiger partial charge is 0.248 e. The molecule has 0 saturated heterocycles. The van der Waals surface area contributed by atoms with Crippen molar-refractivity contribution in [1.82, 2.24) is 4.90 Å². The van der Waals surface area contributed by atoms with Crippen molar-refractivity contribution in [3.63, 3.8) is 0 Å². The fourth-order valence-electron chi connectivity index (χ4n) is 2.29. The van der Waals surface area contributed by atoms with Crippen LogP contribution in [0.5, 0.6) is 0 Å². The van der Waals surface area contributed by atoms with Gasteiger partial charge in [0.15, 0.2) is 0 Å². The van der Waals surface area contributed by atoms with E-state index in [-0.39, 0.29) is 12.5 Å². The van der Waals surface area contributed by atoms with Crippen LogP contribution in [-0.4, -0.2) is 37.1 Å². The number of nitrogens with zero attached hydrogens (tertiary/aromatic N) is 1. The predicted octanol–water partition coefficient (Wildman–Crippen LogP) is 2.89. The van der Waals surface area contributed by atoms with Crippen LogP contribution >= 0.6 is 0 Å². The maximum atomic E-state index is 12.1. The molecule has 1 aliphatic rings. The maximum absolute atomic E-state index is 12.1. The van der Waals surface area contributed by atoms with Crippen LogP contribution in [0, 0.1) is 5.92 Å². The standard InChI is InChI=1S/C17H25NO2/c1-2-11-18(13-16-8-9-16)17(19)14-20-12-10-15-6-4-3-5-7-15/h3-7,16H,2,8-14H2,1H3. The molecule has 3 heteroatoms. The molecule has 0 heterocycles. The first-order chi connectivity index (χ1) is 9.79. The van der Waals surface area contributed by atoms with E-state index in [4.69, 9.17) is 4.74 Å². The van der Waals surface area contributed by atoms with Crippen LogP contribution in [-0.2, 0) is 16.0 Å². The minimum Gasteiger partial charge on any atom is -0.371 e. The molecule has 1 saturated carbocycles. The van der Waals surface area contributed by atoms with Gasteiger partial charge in [-0.05, 0) is 37.2 Å². The van der Waals surface area contributed by atoms with Crippen LogP contribution in [0.2, 0.25) is 0 Å². The maximum Gasteiger partial charge on any atom is 0.248 e. The van der Waals surface area contributed by atoms with E-state index in [1.807, 2.05) is 23.1 Å². The summed E-state index contributed by atoms with van der Waals surface area (Å²) in [7, 11) is 0. The van der Waals surface area contributed by atoms with Gasteiger partial charge < -0.3 is 9.64 Å². The highest BCUT2D eigenvalue weighted by atomic mass is 16.5. The normalized spacial score (nSPS) is 14.2. The molecule has 1 aliphatic carbocycles. The molecule has 1 fully saturated rings. The van der Waals surface area contributed by atoms with Gasteiger partial charge >= 0.3 is 0 Å². The van der Waals surface area contributed by atoms with Crippen LogP contribution in [0.1, 0.15) is 31.7 Å². The highest BCUT2D eigenvalue weighted by Gasteiger charge is 2.26. The van der Waals surface area contributed by atoms with Gasteiger partial charge in [-0.2, -0.15) is 0 Å². The Kier molecular flexibility index (Phi) is 6.06. The van der Waals surface area contributed by atoms with Crippen LogP contribution in [0.4, 0.5) is 0 Å². The van der Waals surface area contributed by atoms with Gasteiger partial charge in [-0.1, -0.05) is 37.3 Å². The van der Waals surface area contributed by atoms with Gasteiger partial charge in [0.25, 0.3) is 0 Å². The Hall–Kier alpha value is -1.35. The average Bonchev–Trinajstić information content (AvgIpc) is 3.28. The van der Waals surface area contributed by atoms with Gasteiger partial charge in [0.2, 0.25) is 5.91 Å². The summed E-state index contributed by atoms with van der Waals surface area (Å²) in [6.07, 6.45) is 4.44. The molecule has 2 rings (SSSR count). The molecule has 0 N–H and O–H groups in total. The molecule has 0 radical (unpaired) electrons. The molecule has 1 amide bonds. The van der Waals surface area contributed by atoms with E-state index in [9.17, 15) is 4.79 Å². The zero-order valence-corrected chi connectivity index (χ0v) is 12.4. The van der Waals surface area contributed by atoms with Crippen LogP contribution in [0.15, 0.2) is 30.3 Å². The Morgan fingerprint density at radius 2 is 2.05 bits per heavy atom. The van der Waals surface area contributed by atoms with Crippen molar-refractivity contribution in [2.75, 3.05) is 26.3 Å². The van der Waals surface area contributed by atoms with Gasteiger partial charge in [0.05, 0.1) is 6.61 Å². The minimum absolute atomic E-state index is 0.145. The zero-order valence-electron chi connectivity index (χ0n) is 12.4. The average molecular weight is 275 g/mol. The largest absolute Gasteiger partial charge is 0.371 e. The number of hydrogen-bond donors (Lipinski definition) is 0. The summed E-state index contributed by atoms with van der Waals surface area (Å²) in [6.45, 7) is 4.73. The fourth-order valence-corrected chi connectivity index (χ4v) is 2.29. The molecular weight excluding hydrogens is 250 g/mol. The molecule has 1 aromatic rings. The van der Waals surface area contributed by atoms with Crippen molar-refractivity contribution in [1.29, 1.82) is 0 Å². The SMILES string of the molecule is CCCN(CC1CC1)C(=O)COCCc1ccccc1. The van der Waals surface area contributed by atoms with E-state index in [1.54, 1.807) is 0 Å². The predicted molar refractivity (Wildman–Crippen MR) is 80.6 cm³/mol. The van der Waals surface area contributed by atoms with Crippen molar-refractivity contribution in [3.05, 3.63) is 35.9 Å². The van der Waals surface area contributed by atoms with E-state index in [1.165, 1.54) is 18.4 Å². The monoisotopic (exact) mass is 275 g/mol. The van der Waals surface area contributed by atoms with Crippen LogP contribution in [0.3, 0.4) is 0 Å². The molecule has 3 nitrogen and oxygen atoms in total. The molecule has 0 bridgehead atoms. The number of ether oxygens (including phenoxy) is 1. The lowest BCUT2D eigenvalue weighted by Gasteiger charge is -2.21. The lowest BCUT2D eigenvalue weighted by Crippen LogP contribution is -2.36. The third kappa shape index (κ3) is 5.33. The Morgan fingerprint density at radius 3 is 2.70 bits per heavy atom. The molecule has 0 aliphatic heterocycles. The Balaban J connectivity index is 1.65. The second-order valence-corrected chi connectivity index (χ2v) is 5.57. The number of carbonyl (C=O) groups excluding carboxylic acids is 1. The lowest BCUT2D eigenvalue weighted by atomic mass is 10.2. The van der Waals surface area contributed by atoms with Gasteiger partial charge in [0.1, 0.15) is 6.61 Å². The van der Waals surface area contributed by atoms with Gasteiger partial charge in [0, 0.05) is 13.1 Å². The summed E-state index contributed by atoms with van der Waals surface area (Å²) in [4.78, 5) is 14.1. The van der Waals surface area contributed by atoms with Gasteiger partial charge in [-0.15, -0.1) is 0 Å². The summed E-state index contributed by atoms with van der Waals surface area (Å²) in [6, 6.07) is 10.2. The first-order valence-electron chi connectivity index (χ1n) is 7.69. The fraction of sp³-hybridized carbons (Fsp3) is 0.588. The molecular formula is C17H25NO2. The second-order valence-electron chi connectivity index (χ2n) is 5.57. The molecule has 20 heavy (non-hydrogen) atoms. The number of hydrogen-bond acceptors (Lipinski definition) is 2. The van der Waals surface area contributed by atoms with Gasteiger partial charge in [-0.3, -0.25) is 4.79 Å². The summed E-state index contributed by atoms with van der Waals surface area (Å²) in [5.41, 5.74) is 1.25. The van der Waals surface area contributed by atoms with Crippen molar-refractivity contribution in [2.24, 2.45) is 5.92 Å². The first-order valence-corrected chi connectivity index (χ1v) is 7.69. The van der Waals surface area contributed by atoms with E-state index < -0.39 is 0 Å². The highest BCUT2D eigenvalue weighted by molar-refractivity contribution is 5.77. The van der Waals surface area contributed by atoms with Gasteiger partial charge in [-0.25, -0.2) is 0 Å². The minimum atomic E-state index is 0.145. The molecule has 0 aromatic heterocycles. The van der Waals surface area contributed by atoms with E-state index in [2.05, 4.69) is 19.1 Å². The van der Waals surface area contributed by atoms with Crippen molar-refractivity contribution in [3.8, 4) is 0 Å². The summed E-state index contributed by atoms with van der Waals surface area (Å²) in [5.74, 6) is 0.890. The van der Waals surface area contributed by atoms with Crippen molar-refractivity contribution >= 4 is 5.91 Å². The molecule has 0 spiro atoms. The molecule has 110 valence electrons. The quantitative estimate of drug-likeness (QED) is 0.649. The lowest BCUT2D eigenvalue weighted by molar-refractivity contribution is -0.136. The summed E-state index contributed by atoms with van der Waals surface area (Å²) < 4.78 is 5.54. The van der Waals surface area contributed by atoms with E-state index >= 15 is 0 Å². The van der Waals surface area contributed by atoms with Crippen LogP contribution < -0.4 is 0 Å². The zero-order chi connectivity index (χ0) is 14.2.